The fraction of sp³-hybridized carbons (Fsp3) is 0.286. The highest BCUT2D eigenvalue weighted by Crippen LogP contribution is 2.51. The minimum absolute atomic E-state index is 0.156. The van der Waals surface area contributed by atoms with E-state index in [4.69, 9.17) is 4.74 Å². The average molecular weight is 536 g/mol. The summed E-state index contributed by atoms with van der Waals surface area (Å²) >= 11 is 1.54. The van der Waals surface area contributed by atoms with Crippen molar-refractivity contribution in [3.8, 4) is 5.75 Å². The van der Waals surface area contributed by atoms with Crippen molar-refractivity contribution in [1.82, 2.24) is 9.58 Å². The van der Waals surface area contributed by atoms with Crippen LogP contribution in [0.25, 0.3) is 10.1 Å². The number of pyridine rings is 1. The summed E-state index contributed by atoms with van der Waals surface area (Å²) < 4.78 is 39.0. The molecule has 38 heavy (non-hydrogen) atoms. The lowest BCUT2D eigenvalue weighted by Crippen LogP contribution is -2.66. The van der Waals surface area contributed by atoms with Gasteiger partial charge < -0.3 is 14.7 Å². The Kier molecular flexibility index (Phi) is 4.84. The Morgan fingerprint density at radius 1 is 1.11 bits per heavy atom. The average Bonchev–Trinajstić information content (AvgIpc) is 3.32. The number of morpholine rings is 1. The molecule has 1 amide bonds. The molecule has 0 bridgehead atoms. The van der Waals surface area contributed by atoms with Crippen molar-refractivity contribution in [3.63, 3.8) is 0 Å². The summed E-state index contributed by atoms with van der Waals surface area (Å²) in [5.74, 6) is -3.00. The van der Waals surface area contributed by atoms with Gasteiger partial charge in [-0.25, -0.2) is 8.78 Å². The first-order valence-corrected chi connectivity index (χ1v) is 13.2. The van der Waals surface area contributed by atoms with Crippen molar-refractivity contribution in [1.29, 1.82) is 0 Å². The zero-order chi connectivity index (χ0) is 26.5. The van der Waals surface area contributed by atoms with Crippen molar-refractivity contribution in [2.45, 2.75) is 31.5 Å². The summed E-state index contributed by atoms with van der Waals surface area (Å²) in [6.45, 7) is 4.48. The number of hydrogen-bond donors (Lipinski definition) is 1. The van der Waals surface area contributed by atoms with Crippen LogP contribution in [0.3, 0.4) is 0 Å². The molecule has 7 rings (SSSR count). The molecule has 2 atom stereocenters. The monoisotopic (exact) mass is 535 g/mol. The van der Waals surface area contributed by atoms with Crippen molar-refractivity contribution in [2.24, 2.45) is 0 Å². The molecule has 0 saturated carbocycles. The van der Waals surface area contributed by atoms with Crippen LogP contribution in [0.5, 0.6) is 5.75 Å². The lowest BCUT2D eigenvalue weighted by Gasteiger charge is -2.51. The number of halogens is 2. The van der Waals surface area contributed by atoms with Gasteiger partial charge in [-0.05, 0) is 34.2 Å². The van der Waals surface area contributed by atoms with Crippen LogP contribution in [0.1, 0.15) is 52.6 Å². The molecule has 3 aliphatic rings. The zero-order valence-corrected chi connectivity index (χ0v) is 21.4. The number of rotatable bonds is 1. The highest BCUT2D eigenvalue weighted by atomic mass is 32.1. The van der Waals surface area contributed by atoms with E-state index in [1.165, 1.54) is 28.3 Å². The number of hydrogen-bond acceptors (Lipinski definition) is 6. The molecule has 0 radical (unpaired) electrons. The minimum atomic E-state index is -0.939. The molecule has 1 saturated heterocycles. The molecular weight excluding hydrogens is 512 g/mol. The molecule has 2 aromatic heterocycles. The smallest absolute Gasteiger partial charge is 0.278 e. The summed E-state index contributed by atoms with van der Waals surface area (Å²) in [6.07, 6.45) is 0.820. The Balaban J connectivity index is 1.63. The topological polar surface area (TPSA) is 75.0 Å². The first kappa shape index (κ1) is 23.4. The highest BCUT2D eigenvalue weighted by molar-refractivity contribution is 7.17. The van der Waals surface area contributed by atoms with Gasteiger partial charge in [-0.2, -0.15) is 0 Å². The van der Waals surface area contributed by atoms with Gasteiger partial charge in [-0.3, -0.25) is 19.3 Å². The molecule has 7 nitrogen and oxygen atoms in total. The summed E-state index contributed by atoms with van der Waals surface area (Å²) in [4.78, 5) is 27.5. The third-order valence-corrected chi connectivity index (χ3v) is 9.03. The maximum Gasteiger partial charge on any atom is 0.278 e. The number of carbonyl (C=O) groups is 1. The van der Waals surface area contributed by atoms with E-state index in [9.17, 15) is 19.1 Å². The number of benzene rings is 2. The van der Waals surface area contributed by atoms with E-state index >= 15 is 4.39 Å². The summed E-state index contributed by atoms with van der Waals surface area (Å²) in [5, 5.41) is 15.6. The van der Waals surface area contributed by atoms with Gasteiger partial charge in [0.2, 0.25) is 5.43 Å². The molecule has 0 spiro atoms. The number of carbonyl (C=O) groups excluding carboxylic acids is 1. The van der Waals surface area contributed by atoms with Crippen LogP contribution in [0.4, 0.5) is 8.78 Å². The normalized spacial score (nSPS) is 21.6. The van der Waals surface area contributed by atoms with E-state index in [1.807, 2.05) is 42.4 Å². The van der Waals surface area contributed by atoms with E-state index in [0.717, 1.165) is 27.3 Å². The van der Waals surface area contributed by atoms with Gasteiger partial charge in [0.05, 0.1) is 19.3 Å². The van der Waals surface area contributed by atoms with Crippen molar-refractivity contribution in [2.75, 3.05) is 24.8 Å². The van der Waals surface area contributed by atoms with E-state index in [1.54, 1.807) is 11.0 Å². The Morgan fingerprint density at radius 3 is 2.74 bits per heavy atom. The Labute approximate surface area is 220 Å². The molecule has 1 N–H and O–H groups in total. The molecule has 1 fully saturated rings. The van der Waals surface area contributed by atoms with Crippen molar-refractivity contribution >= 4 is 27.3 Å². The van der Waals surface area contributed by atoms with Gasteiger partial charge in [-0.15, -0.1) is 11.3 Å². The Hall–Kier alpha value is -3.76. The third-order valence-electron chi connectivity index (χ3n) is 8.09. The van der Waals surface area contributed by atoms with Crippen molar-refractivity contribution < 1.29 is 23.4 Å². The lowest BCUT2D eigenvalue weighted by atomic mass is 9.76. The second kappa shape index (κ2) is 7.87. The molecule has 4 aromatic rings. The second-order valence-electron chi connectivity index (χ2n) is 10.4. The maximum atomic E-state index is 15.9. The molecule has 1 aliphatic carbocycles. The number of thiophene rings is 1. The summed E-state index contributed by atoms with van der Waals surface area (Å²) in [7, 11) is 0. The van der Waals surface area contributed by atoms with Gasteiger partial charge in [0, 0.05) is 39.9 Å². The number of aromatic hydroxyl groups is 1. The molecule has 2 unspecified atom stereocenters. The van der Waals surface area contributed by atoms with Gasteiger partial charge in [0.1, 0.15) is 6.17 Å². The van der Waals surface area contributed by atoms with E-state index < -0.39 is 46.3 Å². The standard InChI is InChI=1S/C28H23F2N3O4S/c1-28(2)16-13-38-19-5-3-4-14(21(16)19)24(15-6-7-17(29)23(30)22(15)28)33-20-12-37-11-10-31(20)27(36)25-26(35)18(34)8-9-32(25)33/h3-9,13,20,24,35H,10-12H2,1-2H3. The van der Waals surface area contributed by atoms with Gasteiger partial charge in [0.15, 0.2) is 23.1 Å². The molecule has 10 heteroatoms. The summed E-state index contributed by atoms with van der Waals surface area (Å²) in [5.41, 5.74) is 0.773. The largest absolute Gasteiger partial charge is 0.502 e. The number of nitrogens with zero attached hydrogens (tertiary/aromatic N) is 3. The zero-order valence-electron chi connectivity index (χ0n) is 20.6. The Morgan fingerprint density at radius 2 is 1.92 bits per heavy atom. The fourth-order valence-electron chi connectivity index (χ4n) is 6.35. The first-order valence-electron chi connectivity index (χ1n) is 12.3. The van der Waals surface area contributed by atoms with Crippen LogP contribution in [0, 0.1) is 11.6 Å². The predicted molar refractivity (Wildman–Crippen MR) is 138 cm³/mol. The van der Waals surface area contributed by atoms with Crippen LogP contribution in [0.2, 0.25) is 0 Å². The number of aromatic nitrogens is 1. The second-order valence-corrected chi connectivity index (χ2v) is 11.3. The van der Waals surface area contributed by atoms with E-state index in [2.05, 4.69) is 0 Å². The van der Waals surface area contributed by atoms with Gasteiger partial charge in [-0.1, -0.05) is 32.0 Å². The Bertz CT molecular complexity index is 1730. The lowest BCUT2D eigenvalue weighted by molar-refractivity contribution is -0.0196. The minimum Gasteiger partial charge on any atom is -0.502 e. The SMILES string of the molecule is CC1(C)c2c(ccc(F)c2F)C(N2C3COCCN3C(=O)c3c(O)c(=O)ccn32)c2cccc3scc1c23. The molecule has 2 aliphatic heterocycles. The van der Waals surface area contributed by atoms with Crippen LogP contribution < -0.4 is 10.4 Å². The summed E-state index contributed by atoms with van der Waals surface area (Å²) in [6, 6.07) is 9.10. The maximum absolute atomic E-state index is 15.9. The predicted octanol–water partition coefficient (Wildman–Crippen LogP) is 4.23. The van der Waals surface area contributed by atoms with Crippen LogP contribution in [0.15, 0.2) is 52.8 Å². The van der Waals surface area contributed by atoms with Crippen LogP contribution >= 0.6 is 11.3 Å². The highest BCUT2D eigenvalue weighted by Gasteiger charge is 2.48. The van der Waals surface area contributed by atoms with Crippen LogP contribution in [-0.4, -0.2) is 46.5 Å². The number of ether oxygens (including phenoxy) is 1. The third kappa shape index (κ3) is 2.90. The quantitative estimate of drug-likeness (QED) is 0.395. The fourth-order valence-corrected chi connectivity index (χ4v) is 7.51. The van der Waals surface area contributed by atoms with Gasteiger partial charge in [0.25, 0.3) is 5.91 Å². The molecule has 4 heterocycles. The molecule has 194 valence electrons. The van der Waals surface area contributed by atoms with Crippen LogP contribution in [-0.2, 0) is 10.2 Å². The number of amides is 1. The number of fused-ring (bicyclic) bond motifs is 3. The van der Waals surface area contributed by atoms with Gasteiger partial charge >= 0.3 is 0 Å². The van der Waals surface area contributed by atoms with E-state index in [0.29, 0.717) is 12.2 Å². The molecule has 2 aromatic carbocycles. The molecular formula is C28H23F2N3O4S. The first-order chi connectivity index (χ1) is 18.2. The van der Waals surface area contributed by atoms with Crippen molar-refractivity contribution in [3.05, 3.63) is 97.8 Å². The van der Waals surface area contributed by atoms with E-state index in [-0.39, 0.29) is 24.4 Å².